The Balaban J connectivity index is 2.39. The molecule has 0 aliphatic carbocycles. The predicted octanol–water partition coefficient (Wildman–Crippen LogP) is 1.64. The molecule has 1 rings (SSSR count). The third-order valence-electron chi connectivity index (χ3n) is 0.643. The molecule has 1 atom stereocenters. The molecule has 0 saturated carbocycles. The van der Waals surface area contributed by atoms with Gasteiger partial charge >= 0.3 is 0 Å². The minimum Gasteiger partial charge on any atom is -0.127 e. The molecule has 0 N–H and O–H groups in total. The first kappa shape index (κ1) is 3.29. The van der Waals surface area contributed by atoms with E-state index in [1.54, 1.807) is 0 Å². The van der Waals surface area contributed by atoms with Gasteiger partial charge in [-0.05, 0) is 12.3 Å². The summed E-state index contributed by atoms with van der Waals surface area (Å²) < 4.78 is 0. The van der Waals surface area contributed by atoms with Gasteiger partial charge in [-0.2, -0.15) is 0 Å². The van der Waals surface area contributed by atoms with Gasteiger partial charge in [-0.15, -0.1) is 11.8 Å². The van der Waals surface area contributed by atoms with Crippen molar-refractivity contribution in [3.8, 4) is 0 Å². The molecule has 0 bridgehead atoms. The summed E-state index contributed by atoms with van der Waals surface area (Å²) in [4.78, 5) is 0. The van der Waals surface area contributed by atoms with Crippen LogP contribution in [0.15, 0.2) is 11.5 Å². The Morgan fingerprint density at radius 3 is 2.20 bits per heavy atom. The molecule has 5 heavy (non-hydrogen) atoms. The summed E-state index contributed by atoms with van der Waals surface area (Å²) in [5, 5.41) is 2.92. The highest BCUT2D eigenvalue weighted by molar-refractivity contribution is 8.04. The zero-order chi connectivity index (χ0) is 3.70. The zero-order valence-corrected chi connectivity index (χ0v) is 3.96. The molecule has 0 spiro atoms. The highest BCUT2D eigenvalue weighted by Crippen LogP contribution is 2.22. The van der Waals surface area contributed by atoms with Crippen molar-refractivity contribution < 1.29 is 0 Å². The lowest BCUT2D eigenvalue weighted by Crippen LogP contribution is -1.92. The van der Waals surface area contributed by atoms with Gasteiger partial charge in [-0.1, -0.05) is 6.08 Å². The van der Waals surface area contributed by atoms with Crippen LogP contribution in [0.25, 0.3) is 0 Å². The maximum absolute atomic E-state index is 2.19. The second kappa shape index (κ2) is 1.05. The van der Waals surface area contributed by atoms with E-state index in [0.717, 1.165) is 5.25 Å². The van der Waals surface area contributed by atoms with Crippen molar-refractivity contribution in [1.82, 2.24) is 0 Å². The van der Waals surface area contributed by atoms with E-state index in [-0.39, 0.29) is 0 Å². The van der Waals surface area contributed by atoms with Gasteiger partial charge in [0, 0.05) is 5.25 Å². The van der Waals surface area contributed by atoms with Crippen LogP contribution in [0.4, 0.5) is 0 Å². The lowest BCUT2D eigenvalue weighted by molar-refractivity contribution is 1.23. The topological polar surface area (TPSA) is 0 Å². The van der Waals surface area contributed by atoms with Gasteiger partial charge in [-0.25, -0.2) is 0 Å². The van der Waals surface area contributed by atoms with Crippen LogP contribution < -0.4 is 0 Å². The van der Waals surface area contributed by atoms with E-state index >= 15 is 0 Å². The fraction of sp³-hybridized carbons (Fsp3) is 0.500. The fourth-order valence-electron chi connectivity index (χ4n) is 0.236. The molecular formula is C4H6S. The van der Waals surface area contributed by atoms with Crippen molar-refractivity contribution in [1.29, 1.82) is 0 Å². The molecule has 1 heteroatoms. The molecular weight excluding hydrogens is 80.1 g/mol. The van der Waals surface area contributed by atoms with E-state index in [1.165, 1.54) is 0 Å². The molecule has 0 saturated heterocycles. The van der Waals surface area contributed by atoms with Crippen LogP contribution in [0.5, 0.6) is 0 Å². The lowest BCUT2D eigenvalue weighted by atomic mass is 10.5. The van der Waals surface area contributed by atoms with E-state index in [0.29, 0.717) is 0 Å². The molecule has 0 aromatic carbocycles. The van der Waals surface area contributed by atoms with Crippen LogP contribution in [-0.2, 0) is 0 Å². The molecule has 0 radical (unpaired) electrons. The van der Waals surface area contributed by atoms with Crippen LogP contribution in [0.1, 0.15) is 6.92 Å². The van der Waals surface area contributed by atoms with Crippen molar-refractivity contribution in [2.45, 2.75) is 12.2 Å². The van der Waals surface area contributed by atoms with Gasteiger partial charge in [0.1, 0.15) is 0 Å². The number of rotatable bonds is 0. The summed E-state index contributed by atoms with van der Waals surface area (Å²) in [7, 11) is 0. The van der Waals surface area contributed by atoms with Crippen molar-refractivity contribution >= 4 is 11.8 Å². The predicted molar refractivity (Wildman–Crippen MR) is 26.2 cm³/mol. The Morgan fingerprint density at radius 1 is 1.80 bits per heavy atom. The van der Waals surface area contributed by atoms with Crippen molar-refractivity contribution in [3.63, 3.8) is 0 Å². The molecule has 0 fully saturated rings. The molecule has 1 heterocycles. The molecule has 0 amide bonds. The van der Waals surface area contributed by atoms with Gasteiger partial charge in [0.15, 0.2) is 0 Å². The number of thioether (sulfide) groups is 1. The Morgan fingerprint density at radius 2 is 2.20 bits per heavy atom. The average molecular weight is 86.2 g/mol. The van der Waals surface area contributed by atoms with Crippen molar-refractivity contribution in [2.75, 3.05) is 0 Å². The summed E-state index contributed by atoms with van der Waals surface area (Å²) in [5.74, 6) is 0. The molecule has 1 aliphatic heterocycles. The summed E-state index contributed by atoms with van der Waals surface area (Å²) in [6, 6.07) is 0. The summed E-state index contributed by atoms with van der Waals surface area (Å²) in [6.07, 6.45) is 2.19. The van der Waals surface area contributed by atoms with E-state index in [4.69, 9.17) is 0 Å². The third-order valence-corrected chi connectivity index (χ3v) is 1.54. The van der Waals surface area contributed by atoms with Gasteiger partial charge in [0.05, 0.1) is 0 Å². The standard InChI is InChI=1S/C4H6S/c1-4-2-3-5-4/h2-4H,1H3/t4-/m0/s1. The van der Waals surface area contributed by atoms with Gasteiger partial charge in [0.25, 0.3) is 0 Å². The first-order valence-electron chi connectivity index (χ1n) is 1.72. The second-order valence-electron chi connectivity index (χ2n) is 1.17. The van der Waals surface area contributed by atoms with E-state index in [1.807, 2.05) is 11.8 Å². The Labute approximate surface area is 36.3 Å². The van der Waals surface area contributed by atoms with E-state index < -0.39 is 0 Å². The van der Waals surface area contributed by atoms with Crippen LogP contribution in [-0.4, -0.2) is 5.25 Å². The number of hydrogen-bond donors (Lipinski definition) is 0. The van der Waals surface area contributed by atoms with Gasteiger partial charge in [-0.3, -0.25) is 0 Å². The van der Waals surface area contributed by atoms with Crippen LogP contribution in [0, 0.1) is 0 Å². The largest absolute Gasteiger partial charge is 0.127 e. The minimum atomic E-state index is 0.801. The summed E-state index contributed by atoms with van der Waals surface area (Å²) in [6.45, 7) is 2.19. The first-order valence-corrected chi connectivity index (χ1v) is 2.66. The van der Waals surface area contributed by atoms with Crippen LogP contribution >= 0.6 is 11.8 Å². The maximum atomic E-state index is 2.19. The minimum absolute atomic E-state index is 0.801. The molecule has 1 aliphatic rings. The molecule has 0 unspecified atom stereocenters. The molecule has 0 aromatic rings. The highest BCUT2D eigenvalue weighted by atomic mass is 32.2. The SMILES string of the molecule is C[C@H]1C=CS1. The molecule has 28 valence electrons. The first-order chi connectivity index (χ1) is 2.39. The Bertz CT molecular complexity index is 56.7. The van der Waals surface area contributed by atoms with E-state index in [9.17, 15) is 0 Å². The van der Waals surface area contributed by atoms with Crippen molar-refractivity contribution in [2.24, 2.45) is 0 Å². The fourth-order valence-corrected chi connectivity index (χ4v) is 0.707. The van der Waals surface area contributed by atoms with Gasteiger partial charge < -0.3 is 0 Å². The van der Waals surface area contributed by atoms with Gasteiger partial charge in [0.2, 0.25) is 0 Å². The Hall–Kier alpha value is 0.0900. The summed E-state index contributed by atoms with van der Waals surface area (Å²) in [5.41, 5.74) is 0. The number of hydrogen-bond acceptors (Lipinski definition) is 1. The highest BCUT2D eigenvalue weighted by Gasteiger charge is 1.99. The quantitative estimate of drug-likeness (QED) is 0.432. The smallest absolute Gasteiger partial charge is 0.0247 e. The van der Waals surface area contributed by atoms with Crippen LogP contribution in [0.3, 0.4) is 0 Å². The normalized spacial score (nSPS) is 33.4. The average Bonchev–Trinajstić information content (AvgIpc) is 1.30. The lowest BCUT2D eigenvalue weighted by Gasteiger charge is -2.07. The molecule has 0 nitrogen and oxygen atoms in total. The van der Waals surface area contributed by atoms with Crippen LogP contribution in [0.2, 0.25) is 0 Å². The second-order valence-corrected chi connectivity index (χ2v) is 2.46. The third kappa shape index (κ3) is 0.482. The zero-order valence-electron chi connectivity index (χ0n) is 3.14. The van der Waals surface area contributed by atoms with E-state index in [2.05, 4.69) is 18.4 Å². The van der Waals surface area contributed by atoms with Crippen molar-refractivity contribution in [3.05, 3.63) is 11.5 Å². The maximum Gasteiger partial charge on any atom is 0.0247 e. The Kier molecular flexibility index (Phi) is 0.692. The summed E-state index contributed by atoms with van der Waals surface area (Å²) >= 11 is 1.88. The molecule has 0 aromatic heterocycles. The monoisotopic (exact) mass is 86.0 g/mol.